The van der Waals surface area contributed by atoms with Gasteiger partial charge in [0.2, 0.25) is 21.8 Å². The number of ether oxygens (including phenoxy) is 2. The number of carbonyl (C=O) groups excluding carboxylic acids is 1. The highest BCUT2D eigenvalue weighted by molar-refractivity contribution is 7.89. The van der Waals surface area contributed by atoms with Crippen LogP contribution in [0.25, 0.3) is 0 Å². The predicted octanol–water partition coefficient (Wildman–Crippen LogP) is 1.51. The second-order valence-electron chi connectivity index (χ2n) is 9.20. The molecule has 2 fully saturated rings. The third-order valence-corrected chi connectivity index (χ3v) is 8.68. The van der Waals surface area contributed by atoms with Gasteiger partial charge in [0.1, 0.15) is 17.1 Å². The summed E-state index contributed by atoms with van der Waals surface area (Å²) in [5.41, 5.74) is 5.16. The number of morpholine rings is 1. The third-order valence-electron chi connectivity index (χ3n) is 6.73. The molecule has 3 heterocycles. The number of sulfonamides is 1. The summed E-state index contributed by atoms with van der Waals surface area (Å²) in [6.07, 6.45) is 2.80. The Bertz CT molecular complexity index is 1250. The molecular weight excluding hydrogens is 522 g/mol. The second-order valence-corrected chi connectivity index (χ2v) is 11.3. The van der Waals surface area contributed by atoms with E-state index in [2.05, 4.69) is 20.2 Å². The largest absolute Gasteiger partial charge is 0.496 e. The van der Waals surface area contributed by atoms with Crippen molar-refractivity contribution < 1.29 is 31.5 Å². The lowest BCUT2D eigenvalue weighted by atomic mass is 10.0. The molecule has 0 saturated carbocycles. The van der Waals surface area contributed by atoms with E-state index in [1.54, 1.807) is 0 Å². The summed E-state index contributed by atoms with van der Waals surface area (Å²) in [5, 5.41) is 3.12. The molecule has 0 atom stereocenters. The second kappa shape index (κ2) is 12.3. The zero-order valence-electron chi connectivity index (χ0n) is 21.2. The lowest BCUT2D eigenvalue weighted by Gasteiger charge is -2.32. The Balaban J connectivity index is 1.32. The molecule has 2 saturated heterocycles. The molecule has 2 aromatic rings. The van der Waals surface area contributed by atoms with Gasteiger partial charge in [-0.2, -0.15) is 4.98 Å². The monoisotopic (exact) mass is 554 g/mol. The Morgan fingerprint density at radius 3 is 2.58 bits per heavy atom. The van der Waals surface area contributed by atoms with Gasteiger partial charge in [-0.1, -0.05) is 0 Å². The highest BCUT2D eigenvalue weighted by atomic mass is 32.2. The summed E-state index contributed by atoms with van der Waals surface area (Å²) in [4.78, 5) is 23.3. The van der Waals surface area contributed by atoms with Gasteiger partial charge in [-0.05, 0) is 37.9 Å². The fourth-order valence-electron chi connectivity index (χ4n) is 4.57. The van der Waals surface area contributed by atoms with Crippen molar-refractivity contribution in [2.24, 2.45) is 0 Å². The van der Waals surface area contributed by atoms with Crippen LogP contribution in [0.5, 0.6) is 5.75 Å². The van der Waals surface area contributed by atoms with E-state index in [1.807, 2.05) is 0 Å². The van der Waals surface area contributed by atoms with Crippen LogP contribution in [0.4, 0.5) is 20.5 Å². The summed E-state index contributed by atoms with van der Waals surface area (Å²) in [5.74, 6) is -3.55. The van der Waals surface area contributed by atoms with E-state index in [-0.39, 0.29) is 34.9 Å². The van der Waals surface area contributed by atoms with E-state index in [9.17, 15) is 22.0 Å². The fraction of sp³-hybridized carbons (Fsp3) is 0.542. The number of methoxy groups -OCH3 is 1. The van der Waals surface area contributed by atoms with Crippen LogP contribution in [0.3, 0.4) is 0 Å². The first-order valence-electron chi connectivity index (χ1n) is 12.4. The zero-order valence-corrected chi connectivity index (χ0v) is 22.0. The minimum absolute atomic E-state index is 0.100. The molecule has 0 amide bonds. The first-order valence-corrected chi connectivity index (χ1v) is 14.0. The molecule has 0 unspecified atom stereocenters. The number of ketones is 1. The minimum Gasteiger partial charge on any atom is -0.496 e. The number of hydrogen-bond acceptors (Lipinski definition) is 10. The zero-order chi connectivity index (χ0) is 27.3. The van der Waals surface area contributed by atoms with Gasteiger partial charge in [0.25, 0.3) is 0 Å². The Kier molecular flexibility index (Phi) is 9.07. The lowest BCUT2D eigenvalue weighted by molar-refractivity contribution is 0.0380. The van der Waals surface area contributed by atoms with Crippen molar-refractivity contribution in [1.82, 2.24) is 19.2 Å². The van der Waals surface area contributed by atoms with Crippen LogP contribution >= 0.6 is 0 Å². The summed E-state index contributed by atoms with van der Waals surface area (Å²) in [6, 6.07) is 1.91. The van der Waals surface area contributed by atoms with Gasteiger partial charge in [0.05, 0.1) is 31.6 Å². The van der Waals surface area contributed by atoms with E-state index < -0.39 is 33.0 Å². The Hall–Kier alpha value is -2.94. The first-order chi connectivity index (χ1) is 18.2. The minimum atomic E-state index is -3.35. The normalized spacial score (nSPS) is 17.9. The summed E-state index contributed by atoms with van der Waals surface area (Å²) < 4.78 is 65.5. The molecule has 11 nitrogen and oxygen atoms in total. The summed E-state index contributed by atoms with van der Waals surface area (Å²) in [7, 11) is -2.12. The number of benzene rings is 1. The number of nitrogens with one attached hydrogen (secondary N) is 1. The number of anilines is 2. The quantitative estimate of drug-likeness (QED) is 0.415. The van der Waals surface area contributed by atoms with Gasteiger partial charge in [-0.3, -0.25) is 9.69 Å². The number of nitrogens with zero attached hydrogens (tertiary/aromatic N) is 4. The average Bonchev–Trinajstić information content (AvgIpc) is 2.91. The van der Waals surface area contributed by atoms with Crippen molar-refractivity contribution in [1.29, 1.82) is 0 Å². The molecule has 4 rings (SSSR count). The molecule has 2 aliphatic heterocycles. The molecule has 0 radical (unpaired) electrons. The molecule has 208 valence electrons. The highest BCUT2D eigenvalue weighted by Gasteiger charge is 2.29. The van der Waals surface area contributed by atoms with E-state index in [4.69, 9.17) is 15.2 Å². The van der Waals surface area contributed by atoms with Crippen LogP contribution in [0.2, 0.25) is 0 Å². The van der Waals surface area contributed by atoms with Gasteiger partial charge in [-0.25, -0.2) is 26.5 Å². The highest BCUT2D eigenvalue weighted by Crippen LogP contribution is 2.28. The van der Waals surface area contributed by atoms with Crippen molar-refractivity contribution in [3.63, 3.8) is 0 Å². The van der Waals surface area contributed by atoms with Crippen molar-refractivity contribution >= 4 is 27.6 Å². The average molecular weight is 555 g/mol. The molecule has 3 N–H and O–H groups in total. The van der Waals surface area contributed by atoms with E-state index in [1.165, 1.54) is 11.4 Å². The van der Waals surface area contributed by atoms with Crippen LogP contribution in [0.1, 0.15) is 35.2 Å². The maximum atomic E-state index is 14.4. The van der Waals surface area contributed by atoms with Crippen molar-refractivity contribution in [2.75, 3.05) is 69.9 Å². The van der Waals surface area contributed by atoms with Gasteiger partial charge < -0.3 is 20.5 Å². The van der Waals surface area contributed by atoms with Crippen LogP contribution in [0, 0.1) is 11.6 Å². The van der Waals surface area contributed by atoms with Gasteiger partial charge in [0.15, 0.2) is 11.6 Å². The molecule has 0 aliphatic carbocycles. The molecule has 38 heavy (non-hydrogen) atoms. The standard InChI is InChI=1S/C24H32F2N6O5S/c1-36-19-4-3-18(25)21(26)20(19)22(33)17-15-28-24(30-23(17)27)29-16-5-8-32(9-6-16)38(34,35)14-2-7-31-10-12-37-13-11-31/h3-4,15-16H,2,5-14H2,1H3,(H3,27,28,29,30). The molecule has 14 heteroatoms. The predicted molar refractivity (Wildman–Crippen MR) is 137 cm³/mol. The maximum Gasteiger partial charge on any atom is 0.224 e. The number of nitrogens with two attached hydrogens (primary N) is 1. The van der Waals surface area contributed by atoms with Crippen LogP contribution < -0.4 is 15.8 Å². The number of hydrogen-bond donors (Lipinski definition) is 2. The van der Waals surface area contributed by atoms with Crippen molar-refractivity contribution in [3.8, 4) is 5.75 Å². The number of halogens is 2. The first kappa shape index (κ1) is 28.1. The summed E-state index contributed by atoms with van der Waals surface area (Å²) in [6.45, 7) is 4.48. The smallest absolute Gasteiger partial charge is 0.224 e. The molecule has 0 spiro atoms. The van der Waals surface area contributed by atoms with Crippen molar-refractivity contribution in [3.05, 3.63) is 41.1 Å². The Labute approximate surface area is 220 Å². The van der Waals surface area contributed by atoms with E-state index in [0.29, 0.717) is 45.6 Å². The number of piperidine rings is 1. The van der Waals surface area contributed by atoms with Crippen LogP contribution in [-0.4, -0.2) is 98.2 Å². The topological polar surface area (TPSA) is 140 Å². The third kappa shape index (κ3) is 6.54. The van der Waals surface area contributed by atoms with Crippen molar-refractivity contribution in [2.45, 2.75) is 25.3 Å². The Morgan fingerprint density at radius 2 is 1.92 bits per heavy atom. The van der Waals surface area contributed by atoms with Gasteiger partial charge in [0, 0.05) is 38.4 Å². The molecular formula is C24H32F2N6O5S. The van der Waals surface area contributed by atoms with Crippen LogP contribution in [-0.2, 0) is 14.8 Å². The molecule has 0 bridgehead atoms. The molecule has 1 aromatic heterocycles. The number of carbonyl (C=O) groups is 1. The Morgan fingerprint density at radius 1 is 1.21 bits per heavy atom. The van der Waals surface area contributed by atoms with E-state index >= 15 is 0 Å². The number of aromatic nitrogens is 2. The SMILES string of the molecule is COc1ccc(F)c(F)c1C(=O)c1cnc(NC2CCN(S(=O)(=O)CCCN3CCOCC3)CC2)nc1N. The lowest BCUT2D eigenvalue weighted by Crippen LogP contribution is -2.44. The van der Waals surface area contributed by atoms with Crippen LogP contribution in [0.15, 0.2) is 18.3 Å². The van der Waals surface area contributed by atoms with Gasteiger partial charge >= 0.3 is 0 Å². The molecule has 2 aliphatic rings. The molecule has 1 aromatic carbocycles. The van der Waals surface area contributed by atoms with E-state index in [0.717, 1.165) is 38.0 Å². The number of rotatable bonds is 10. The summed E-state index contributed by atoms with van der Waals surface area (Å²) >= 11 is 0. The fourth-order valence-corrected chi connectivity index (χ4v) is 6.09. The number of nitrogen functional groups attached to an aromatic ring is 1. The maximum absolute atomic E-state index is 14.4. The van der Waals surface area contributed by atoms with Gasteiger partial charge in [-0.15, -0.1) is 0 Å².